The minimum atomic E-state index is -0.264. The summed E-state index contributed by atoms with van der Waals surface area (Å²) in [6.07, 6.45) is 8.03. The van der Waals surface area contributed by atoms with Crippen LogP contribution in [0.5, 0.6) is 0 Å². The van der Waals surface area contributed by atoms with E-state index in [4.69, 9.17) is 0 Å². The van der Waals surface area contributed by atoms with Crippen molar-refractivity contribution < 1.29 is 0 Å². The van der Waals surface area contributed by atoms with Crippen molar-refractivity contribution in [3.8, 4) is 6.07 Å². The van der Waals surface area contributed by atoms with Gasteiger partial charge in [0.2, 0.25) is 0 Å². The molecule has 0 heterocycles. The topological polar surface area (TPSA) is 39.1 Å². The first-order valence-electron chi connectivity index (χ1n) is 7.54. The van der Waals surface area contributed by atoms with E-state index in [-0.39, 0.29) is 5.54 Å². The van der Waals surface area contributed by atoms with Crippen molar-refractivity contribution in [2.45, 2.75) is 70.4 Å². The zero-order valence-corrected chi connectivity index (χ0v) is 12.3. The molecule has 0 radical (unpaired) electrons. The Morgan fingerprint density at radius 1 is 1.39 bits per heavy atom. The summed E-state index contributed by atoms with van der Waals surface area (Å²) in [6.45, 7) is 6.51. The predicted octanol–water partition coefficient (Wildman–Crippen LogP) is 2.92. The zero-order chi connectivity index (χ0) is 13.4. The summed E-state index contributed by atoms with van der Waals surface area (Å²) in [5.74, 6) is 0. The van der Waals surface area contributed by atoms with Gasteiger partial charge in [0.15, 0.2) is 0 Å². The van der Waals surface area contributed by atoms with E-state index >= 15 is 0 Å². The molecule has 0 amide bonds. The Morgan fingerprint density at radius 3 is 2.78 bits per heavy atom. The van der Waals surface area contributed by atoms with Crippen LogP contribution in [0.4, 0.5) is 0 Å². The van der Waals surface area contributed by atoms with Crippen molar-refractivity contribution in [3.63, 3.8) is 0 Å². The molecule has 1 N–H and O–H groups in total. The van der Waals surface area contributed by atoms with E-state index in [1.807, 2.05) is 0 Å². The molecule has 1 aliphatic rings. The maximum Gasteiger partial charge on any atom is 0.108 e. The molecule has 1 saturated carbocycles. The number of rotatable bonds is 7. The van der Waals surface area contributed by atoms with Crippen LogP contribution in [0.25, 0.3) is 0 Å². The van der Waals surface area contributed by atoms with Gasteiger partial charge in [-0.05, 0) is 58.7 Å². The standard InChI is InChI=1S/C15H29N3/c1-4-6-11-18(3)14-8-7-9-15(12-14,13-16)17-10-5-2/h14,17H,4-12H2,1-3H3. The number of nitrogens with zero attached hydrogens (tertiary/aromatic N) is 2. The lowest BCUT2D eigenvalue weighted by atomic mass is 9.79. The average Bonchev–Trinajstić information content (AvgIpc) is 2.42. The highest BCUT2D eigenvalue weighted by molar-refractivity contribution is 5.11. The van der Waals surface area contributed by atoms with E-state index in [1.54, 1.807) is 0 Å². The molecular weight excluding hydrogens is 222 g/mol. The summed E-state index contributed by atoms with van der Waals surface area (Å²) >= 11 is 0. The molecule has 3 nitrogen and oxygen atoms in total. The lowest BCUT2D eigenvalue weighted by Gasteiger charge is -2.40. The van der Waals surface area contributed by atoms with Crippen LogP contribution in [0.1, 0.15) is 58.8 Å². The van der Waals surface area contributed by atoms with Gasteiger partial charge in [-0.2, -0.15) is 5.26 Å². The number of hydrogen-bond acceptors (Lipinski definition) is 3. The second-order valence-corrected chi connectivity index (χ2v) is 5.71. The normalized spacial score (nSPS) is 28.3. The third-order valence-electron chi connectivity index (χ3n) is 4.14. The van der Waals surface area contributed by atoms with E-state index in [0.717, 1.165) is 32.4 Å². The van der Waals surface area contributed by atoms with Crippen LogP contribution in [0.2, 0.25) is 0 Å². The van der Waals surface area contributed by atoms with Gasteiger partial charge in [-0.1, -0.05) is 20.3 Å². The quantitative estimate of drug-likeness (QED) is 0.756. The van der Waals surface area contributed by atoms with Crippen molar-refractivity contribution >= 4 is 0 Å². The van der Waals surface area contributed by atoms with Gasteiger partial charge >= 0.3 is 0 Å². The summed E-state index contributed by atoms with van der Waals surface area (Å²) in [6, 6.07) is 3.13. The van der Waals surface area contributed by atoms with E-state index < -0.39 is 0 Å². The number of nitrogens with one attached hydrogen (secondary N) is 1. The van der Waals surface area contributed by atoms with Gasteiger partial charge in [0, 0.05) is 6.04 Å². The zero-order valence-electron chi connectivity index (χ0n) is 12.3. The molecule has 1 aliphatic carbocycles. The molecule has 0 aromatic carbocycles. The summed E-state index contributed by atoms with van der Waals surface area (Å²) in [7, 11) is 2.22. The van der Waals surface area contributed by atoms with Gasteiger partial charge < -0.3 is 4.90 Å². The van der Waals surface area contributed by atoms with Crippen LogP contribution in [0.15, 0.2) is 0 Å². The molecule has 0 aromatic heterocycles. The molecule has 2 atom stereocenters. The van der Waals surface area contributed by atoms with Gasteiger partial charge in [0.1, 0.15) is 5.54 Å². The van der Waals surface area contributed by atoms with Crippen molar-refractivity contribution in [3.05, 3.63) is 0 Å². The van der Waals surface area contributed by atoms with Gasteiger partial charge in [0.25, 0.3) is 0 Å². The second-order valence-electron chi connectivity index (χ2n) is 5.71. The molecule has 0 saturated heterocycles. The summed E-state index contributed by atoms with van der Waals surface area (Å²) in [4.78, 5) is 2.46. The largest absolute Gasteiger partial charge is 0.303 e. The molecule has 2 unspecified atom stereocenters. The first-order valence-corrected chi connectivity index (χ1v) is 7.54. The smallest absolute Gasteiger partial charge is 0.108 e. The van der Waals surface area contributed by atoms with E-state index in [2.05, 4.69) is 37.2 Å². The first kappa shape index (κ1) is 15.5. The Kier molecular flexibility index (Phi) is 6.67. The van der Waals surface area contributed by atoms with Crippen LogP contribution in [0.3, 0.4) is 0 Å². The molecule has 0 bridgehead atoms. The molecule has 0 spiro atoms. The van der Waals surface area contributed by atoms with Crippen LogP contribution in [0, 0.1) is 11.3 Å². The van der Waals surface area contributed by atoms with Gasteiger partial charge in [0.05, 0.1) is 6.07 Å². The van der Waals surface area contributed by atoms with E-state index in [9.17, 15) is 5.26 Å². The molecule has 1 rings (SSSR count). The van der Waals surface area contributed by atoms with Crippen molar-refractivity contribution in [2.24, 2.45) is 0 Å². The molecule has 3 heteroatoms. The summed E-state index contributed by atoms with van der Waals surface area (Å²) < 4.78 is 0. The minimum absolute atomic E-state index is 0.264. The SMILES string of the molecule is CCCCN(C)C1CCCC(C#N)(NCCC)C1. The molecule has 0 aliphatic heterocycles. The molecule has 18 heavy (non-hydrogen) atoms. The van der Waals surface area contributed by atoms with E-state index in [0.29, 0.717) is 6.04 Å². The highest BCUT2D eigenvalue weighted by Crippen LogP contribution is 2.30. The number of nitriles is 1. The van der Waals surface area contributed by atoms with Crippen LogP contribution < -0.4 is 5.32 Å². The lowest BCUT2D eigenvalue weighted by Crippen LogP contribution is -2.52. The maximum absolute atomic E-state index is 9.51. The van der Waals surface area contributed by atoms with Crippen LogP contribution >= 0.6 is 0 Å². The summed E-state index contributed by atoms with van der Waals surface area (Å²) in [5, 5.41) is 13.0. The predicted molar refractivity (Wildman–Crippen MR) is 76.4 cm³/mol. The molecular formula is C15H29N3. The Hall–Kier alpha value is -0.590. The van der Waals surface area contributed by atoms with Crippen LogP contribution in [-0.4, -0.2) is 36.6 Å². The maximum atomic E-state index is 9.51. The van der Waals surface area contributed by atoms with Crippen LogP contribution in [-0.2, 0) is 0 Å². The average molecular weight is 251 g/mol. The Labute approximate surface area is 113 Å². The molecule has 104 valence electrons. The first-order chi connectivity index (χ1) is 8.67. The van der Waals surface area contributed by atoms with Gasteiger partial charge in [-0.15, -0.1) is 0 Å². The lowest BCUT2D eigenvalue weighted by molar-refractivity contribution is 0.143. The summed E-state index contributed by atoms with van der Waals surface area (Å²) in [5.41, 5.74) is -0.264. The Balaban J connectivity index is 2.55. The van der Waals surface area contributed by atoms with E-state index in [1.165, 1.54) is 25.7 Å². The number of unbranched alkanes of at least 4 members (excludes halogenated alkanes) is 1. The molecule has 1 fully saturated rings. The fourth-order valence-electron chi connectivity index (χ4n) is 2.88. The van der Waals surface area contributed by atoms with Crippen molar-refractivity contribution in [2.75, 3.05) is 20.1 Å². The fourth-order valence-corrected chi connectivity index (χ4v) is 2.88. The monoisotopic (exact) mass is 251 g/mol. The van der Waals surface area contributed by atoms with Gasteiger partial charge in [-0.3, -0.25) is 5.32 Å². The second kappa shape index (κ2) is 7.76. The van der Waals surface area contributed by atoms with Crippen molar-refractivity contribution in [1.82, 2.24) is 10.2 Å². The fraction of sp³-hybridized carbons (Fsp3) is 0.933. The van der Waals surface area contributed by atoms with Gasteiger partial charge in [-0.25, -0.2) is 0 Å². The highest BCUT2D eigenvalue weighted by Gasteiger charge is 2.37. The molecule has 0 aromatic rings. The minimum Gasteiger partial charge on any atom is -0.303 e. The Bertz CT molecular complexity index is 271. The third kappa shape index (κ3) is 4.26. The Morgan fingerprint density at radius 2 is 2.17 bits per heavy atom. The number of hydrogen-bond donors (Lipinski definition) is 1. The van der Waals surface area contributed by atoms with Crippen molar-refractivity contribution in [1.29, 1.82) is 5.26 Å². The third-order valence-corrected chi connectivity index (χ3v) is 4.14. The highest BCUT2D eigenvalue weighted by atomic mass is 15.1.